The number of anilines is 2. The summed E-state index contributed by atoms with van der Waals surface area (Å²) in [5.74, 6) is 1.83. The maximum atomic E-state index is 4.78. The lowest BCUT2D eigenvalue weighted by atomic mass is 10.2. The third-order valence-corrected chi connectivity index (χ3v) is 5.03. The fourth-order valence-corrected chi connectivity index (χ4v) is 3.62. The Morgan fingerprint density at radius 2 is 2.19 bits per heavy atom. The van der Waals surface area contributed by atoms with Crippen LogP contribution in [0.1, 0.15) is 18.7 Å². The lowest BCUT2D eigenvalue weighted by Gasteiger charge is -2.38. The van der Waals surface area contributed by atoms with Crippen molar-refractivity contribution in [2.24, 2.45) is 0 Å². The third kappa shape index (κ3) is 2.82. The van der Waals surface area contributed by atoms with Crippen LogP contribution in [-0.4, -0.2) is 54.1 Å². The zero-order chi connectivity index (χ0) is 15.0. The Morgan fingerprint density at radius 1 is 1.38 bits per heavy atom. The summed E-state index contributed by atoms with van der Waals surface area (Å²) in [6.45, 7) is 10.4. The maximum Gasteiger partial charge on any atom is 0.226 e. The summed E-state index contributed by atoms with van der Waals surface area (Å²) in [6.07, 6.45) is 0. The van der Waals surface area contributed by atoms with Gasteiger partial charge in [-0.3, -0.25) is 0 Å². The average molecular weight is 305 g/mol. The van der Waals surface area contributed by atoms with Crippen molar-refractivity contribution in [1.29, 1.82) is 0 Å². The van der Waals surface area contributed by atoms with E-state index in [1.165, 1.54) is 10.3 Å². The van der Waals surface area contributed by atoms with Gasteiger partial charge in [0.05, 0.1) is 5.39 Å². The smallest absolute Gasteiger partial charge is 0.226 e. The van der Waals surface area contributed by atoms with Crippen LogP contribution < -0.4 is 10.2 Å². The van der Waals surface area contributed by atoms with Crippen LogP contribution in [0.3, 0.4) is 0 Å². The Labute approximate surface area is 130 Å². The van der Waals surface area contributed by atoms with Crippen molar-refractivity contribution >= 4 is 33.3 Å². The first-order valence-electron chi connectivity index (χ1n) is 7.55. The molecule has 114 valence electrons. The van der Waals surface area contributed by atoms with E-state index >= 15 is 0 Å². The van der Waals surface area contributed by atoms with E-state index in [1.807, 2.05) is 0 Å². The number of nitrogens with zero attached hydrogens (tertiary/aromatic N) is 4. The quantitative estimate of drug-likeness (QED) is 0.944. The number of hydrogen-bond donors (Lipinski definition) is 1. The highest BCUT2D eigenvalue weighted by atomic mass is 32.1. The molecule has 0 saturated carbocycles. The predicted octanol–water partition coefficient (Wildman–Crippen LogP) is 2.57. The minimum Gasteiger partial charge on any atom is -0.354 e. The van der Waals surface area contributed by atoms with Crippen molar-refractivity contribution < 1.29 is 0 Å². The molecule has 0 aliphatic carbocycles. The largest absolute Gasteiger partial charge is 0.354 e. The SMILES string of the molecule is CCNc1nc(N2CCN(C)C(C)C2)c2cc(C)sc2n1. The van der Waals surface area contributed by atoms with E-state index in [0.29, 0.717) is 6.04 Å². The van der Waals surface area contributed by atoms with Crippen LogP contribution in [0.2, 0.25) is 0 Å². The van der Waals surface area contributed by atoms with E-state index in [1.54, 1.807) is 11.3 Å². The molecule has 1 saturated heterocycles. The first-order chi connectivity index (χ1) is 10.1. The van der Waals surface area contributed by atoms with Crippen molar-refractivity contribution in [3.8, 4) is 0 Å². The Morgan fingerprint density at radius 3 is 2.90 bits per heavy atom. The van der Waals surface area contributed by atoms with Gasteiger partial charge in [-0.15, -0.1) is 11.3 Å². The number of aryl methyl sites for hydroxylation is 1. The summed E-state index contributed by atoms with van der Waals surface area (Å²) < 4.78 is 0. The standard InChI is InChI=1S/C15H23N5S/c1-5-16-15-17-13(12-8-11(3)21-14(12)18-15)20-7-6-19(4)10(2)9-20/h8,10H,5-7,9H2,1-4H3,(H,16,17,18). The molecule has 0 amide bonds. The normalized spacial score (nSPS) is 20.2. The van der Waals surface area contributed by atoms with Crippen LogP contribution >= 0.6 is 11.3 Å². The molecule has 1 aliphatic heterocycles. The molecular weight excluding hydrogens is 282 g/mol. The molecule has 6 heteroatoms. The van der Waals surface area contributed by atoms with Gasteiger partial charge in [-0.25, -0.2) is 4.98 Å². The maximum absolute atomic E-state index is 4.78. The molecule has 21 heavy (non-hydrogen) atoms. The number of nitrogens with one attached hydrogen (secondary N) is 1. The van der Waals surface area contributed by atoms with Crippen molar-refractivity contribution in [2.45, 2.75) is 26.8 Å². The lowest BCUT2D eigenvalue weighted by Crippen LogP contribution is -2.50. The third-order valence-electron chi connectivity index (χ3n) is 4.09. The minimum atomic E-state index is 0.547. The van der Waals surface area contributed by atoms with Gasteiger partial charge in [-0.1, -0.05) is 0 Å². The van der Waals surface area contributed by atoms with Crippen molar-refractivity contribution in [1.82, 2.24) is 14.9 Å². The van der Waals surface area contributed by atoms with Crippen LogP contribution in [-0.2, 0) is 0 Å². The molecule has 1 atom stereocenters. The number of likely N-dealkylation sites (N-methyl/N-ethyl adjacent to an activating group) is 1. The van der Waals surface area contributed by atoms with Gasteiger partial charge in [0.2, 0.25) is 5.95 Å². The second kappa shape index (κ2) is 5.77. The van der Waals surface area contributed by atoms with E-state index < -0.39 is 0 Å². The van der Waals surface area contributed by atoms with Gasteiger partial charge in [-0.05, 0) is 33.9 Å². The van der Waals surface area contributed by atoms with Crippen LogP contribution in [0.5, 0.6) is 0 Å². The van der Waals surface area contributed by atoms with Gasteiger partial charge in [0, 0.05) is 37.1 Å². The molecule has 1 unspecified atom stereocenters. The van der Waals surface area contributed by atoms with Gasteiger partial charge in [0.15, 0.2) is 0 Å². The summed E-state index contributed by atoms with van der Waals surface area (Å²) >= 11 is 1.74. The van der Waals surface area contributed by atoms with E-state index in [2.05, 4.69) is 54.0 Å². The summed E-state index contributed by atoms with van der Waals surface area (Å²) in [6, 6.07) is 2.76. The number of hydrogen-bond acceptors (Lipinski definition) is 6. The molecule has 0 bridgehead atoms. The van der Waals surface area contributed by atoms with Crippen LogP contribution in [0.15, 0.2) is 6.07 Å². The number of piperazine rings is 1. The lowest BCUT2D eigenvalue weighted by molar-refractivity contribution is 0.233. The molecule has 3 rings (SSSR count). The fraction of sp³-hybridized carbons (Fsp3) is 0.600. The fourth-order valence-electron chi connectivity index (χ4n) is 2.75. The molecule has 5 nitrogen and oxygen atoms in total. The monoisotopic (exact) mass is 305 g/mol. The Kier molecular flexibility index (Phi) is 3.99. The van der Waals surface area contributed by atoms with E-state index in [4.69, 9.17) is 4.98 Å². The second-order valence-electron chi connectivity index (χ2n) is 5.75. The molecule has 0 spiro atoms. The molecule has 1 fully saturated rings. The Balaban J connectivity index is 2.03. The zero-order valence-corrected chi connectivity index (χ0v) is 14.0. The van der Waals surface area contributed by atoms with Crippen molar-refractivity contribution in [2.75, 3.05) is 43.4 Å². The van der Waals surface area contributed by atoms with Gasteiger partial charge in [0.25, 0.3) is 0 Å². The highest BCUT2D eigenvalue weighted by Crippen LogP contribution is 2.32. The van der Waals surface area contributed by atoms with Gasteiger partial charge < -0.3 is 15.1 Å². The van der Waals surface area contributed by atoms with Gasteiger partial charge in [0.1, 0.15) is 10.6 Å². The van der Waals surface area contributed by atoms with Crippen LogP contribution in [0.25, 0.3) is 10.2 Å². The average Bonchev–Trinajstić information content (AvgIpc) is 2.81. The molecular formula is C15H23N5S. The first-order valence-corrected chi connectivity index (χ1v) is 8.37. The van der Waals surface area contributed by atoms with Crippen LogP contribution in [0.4, 0.5) is 11.8 Å². The topological polar surface area (TPSA) is 44.3 Å². The number of aromatic nitrogens is 2. The highest BCUT2D eigenvalue weighted by molar-refractivity contribution is 7.18. The molecule has 0 aromatic carbocycles. The summed E-state index contributed by atoms with van der Waals surface area (Å²) in [5.41, 5.74) is 0. The van der Waals surface area contributed by atoms with E-state index in [9.17, 15) is 0 Å². The minimum absolute atomic E-state index is 0.547. The molecule has 0 radical (unpaired) electrons. The number of thiophene rings is 1. The van der Waals surface area contributed by atoms with E-state index in [0.717, 1.165) is 42.8 Å². The summed E-state index contributed by atoms with van der Waals surface area (Å²) in [7, 11) is 2.19. The Bertz CT molecular complexity index is 638. The molecule has 3 heterocycles. The summed E-state index contributed by atoms with van der Waals surface area (Å²) in [4.78, 5) is 16.6. The van der Waals surface area contributed by atoms with Crippen molar-refractivity contribution in [3.05, 3.63) is 10.9 Å². The molecule has 2 aromatic rings. The van der Waals surface area contributed by atoms with Crippen molar-refractivity contribution in [3.63, 3.8) is 0 Å². The number of fused-ring (bicyclic) bond motifs is 1. The van der Waals surface area contributed by atoms with Crippen LogP contribution in [0, 0.1) is 6.92 Å². The zero-order valence-electron chi connectivity index (χ0n) is 13.2. The van der Waals surface area contributed by atoms with Gasteiger partial charge in [-0.2, -0.15) is 4.98 Å². The first kappa shape index (κ1) is 14.5. The van der Waals surface area contributed by atoms with E-state index in [-0.39, 0.29) is 0 Å². The number of rotatable bonds is 3. The highest BCUT2D eigenvalue weighted by Gasteiger charge is 2.24. The molecule has 2 aromatic heterocycles. The van der Waals surface area contributed by atoms with Gasteiger partial charge >= 0.3 is 0 Å². The Hall–Kier alpha value is -1.40. The molecule has 1 N–H and O–H groups in total. The molecule has 1 aliphatic rings. The summed E-state index contributed by atoms with van der Waals surface area (Å²) in [5, 5.41) is 4.45. The second-order valence-corrected chi connectivity index (χ2v) is 6.99. The predicted molar refractivity (Wildman–Crippen MR) is 90.6 cm³/mol.